The van der Waals surface area contributed by atoms with Crippen LogP contribution in [0.4, 0.5) is 4.39 Å². The molecule has 0 fully saturated rings. The fraction of sp³-hybridized carbons (Fsp3) is 0.190. The van der Waals surface area contributed by atoms with Crippen molar-refractivity contribution in [3.05, 3.63) is 93.4 Å². The Bertz CT molecular complexity index is 847. The third-order valence-corrected chi connectivity index (χ3v) is 5.08. The molecule has 1 amide bonds. The van der Waals surface area contributed by atoms with Crippen LogP contribution in [0.25, 0.3) is 0 Å². The molecule has 0 aliphatic rings. The molecule has 0 spiro atoms. The zero-order valence-corrected chi connectivity index (χ0v) is 15.4. The Kier molecular flexibility index (Phi) is 6.15. The maximum atomic E-state index is 13.6. The molecule has 1 heterocycles. The summed E-state index contributed by atoms with van der Waals surface area (Å²) in [7, 11) is 0. The molecule has 5 heteroatoms. The number of hydrogen-bond acceptors (Lipinski definition) is 3. The average Bonchev–Trinajstić information content (AvgIpc) is 3.17. The van der Waals surface area contributed by atoms with Gasteiger partial charge in [0.2, 0.25) is 5.91 Å². The van der Waals surface area contributed by atoms with Gasteiger partial charge in [-0.15, -0.1) is 11.3 Å². The van der Waals surface area contributed by atoms with Crippen LogP contribution in [-0.2, 0) is 11.3 Å². The Morgan fingerprint density at radius 1 is 1.08 bits per heavy atom. The van der Waals surface area contributed by atoms with E-state index in [1.54, 1.807) is 29.5 Å². The first-order chi connectivity index (χ1) is 12.6. The van der Waals surface area contributed by atoms with E-state index in [1.165, 1.54) is 11.6 Å². The molecule has 3 rings (SSSR count). The predicted molar refractivity (Wildman–Crippen MR) is 104 cm³/mol. The van der Waals surface area contributed by atoms with Crippen molar-refractivity contribution in [2.24, 2.45) is 0 Å². The van der Waals surface area contributed by atoms with Crippen LogP contribution in [0, 0.1) is 12.7 Å². The number of halogens is 1. The van der Waals surface area contributed by atoms with Crippen LogP contribution in [0.15, 0.2) is 66.0 Å². The summed E-state index contributed by atoms with van der Waals surface area (Å²) in [6, 6.07) is 18.7. The van der Waals surface area contributed by atoms with Crippen LogP contribution in [0.3, 0.4) is 0 Å². The van der Waals surface area contributed by atoms with E-state index in [2.05, 4.69) is 41.0 Å². The summed E-state index contributed by atoms with van der Waals surface area (Å²) in [5.41, 5.74) is 2.79. The molecular weight excluding hydrogens is 347 g/mol. The number of nitrogens with one attached hydrogen (secondary N) is 2. The van der Waals surface area contributed by atoms with E-state index in [-0.39, 0.29) is 30.9 Å². The standard InChI is InChI=1S/C21H21FN2OS/c1-15-8-10-16(11-9-15)21(19-7-4-12-26-19)24-14-20(25)23-13-17-5-2-3-6-18(17)22/h2-12,21,24H,13-14H2,1H3,(H,23,25)/t21-/m1/s1. The zero-order chi connectivity index (χ0) is 18.4. The third kappa shape index (κ3) is 4.77. The third-order valence-electron chi connectivity index (χ3n) is 4.14. The van der Waals surface area contributed by atoms with Crippen LogP contribution < -0.4 is 10.6 Å². The first-order valence-electron chi connectivity index (χ1n) is 8.47. The van der Waals surface area contributed by atoms with Gasteiger partial charge in [-0.2, -0.15) is 0 Å². The molecule has 2 aromatic carbocycles. The van der Waals surface area contributed by atoms with Crippen molar-refractivity contribution in [1.29, 1.82) is 0 Å². The van der Waals surface area contributed by atoms with Crippen molar-refractivity contribution < 1.29 is 9.18 Å². The lowest BCUT2D eigenvalue weighted by Gasteiger charge is -2.18. The minimum absolute atomic E-state index is 0.0465. The van der Waals surface area contributed by atoms with Gasteiger partial charge in [0.1, 0.15) is 5.82 Å². The molecule has 0 aliphatic carbocycles. The first-order valence-corrected chi connectivity index (χ1v) is 9.35. The molecule has 0 saturated carbocycles. The first kappa shape index (κ1) is 18.3. The number of amides is 1. The van der Waals surface area contributed by atoms with Gasteiger partial charge in [0.15, 0.2) is 0 Å². The minimum Gasteiger partial charge on any atom is -0.351 e. The highest BCUT2D eigenvalue weighted by atomic mass is 32.1. The molecule has 3 aromatic rings. The maximum Gasteiger partial charge on any atom is 0.234 e. The van der Waals surface area contributed by atoms with Crippen LogP contribution in [0.2, 0.25) is 0 Å². The molecule has 1 atom stereocenters. The monoisotopic (exact) mass is 368 g/mol. The smallest absolute Gasteiger partial charge is 0.234 e. The number of carbonyl (C=O) groups excluding carboxylic acids is 1. The van der Waals surface area contributed by atoms with E-state index in [4.69, 9.17) is 0 Å². The van der Waals surface area contributed by atoms with Crippen LogP contribution in [-0.4, -0.2) is 12.5 Å². The molecule has 0 unspecified atom stereocenters. The molecule has 0 radical (unpaired) electrons. The van der Waals surface area contributed by atoms with Gasteiger partial charge < -0.3 is 5.32 Å². The lowest BCUT2D eigenvalue weighted by atomic mass is 10.0. The highest BCUT2D eigenvalue weighted by molar-refractivity contribution is 7.10. The fourth-order valence-corrected chi connectivity index (χ4v) is 3.52. The Labute approximate surface area is 156 Å². The summed E-state index contributed by atoms with van der Waals surface area (Å²) in [5.74, 6) is -0.473. The van der Waals surface area contributed by atoms with Crippen molar-refractivity contribution in [3.63, 3.8) is 0 Å². The summed E-state index contributed by atoms with van der Waals surface area (Å²) in [4.78, 5) is 13.3. The van der Waals surface area contributed by atoms with Crippen molar-refractivity contribution >= 4 is 17.2 Å². The molecule has 0 aliphatic heterocycles. The van der Waals surface area contributed by atoms with Crippen molar-refractivity contribution in [2.45, 2.75) is 19.5 Å². The van der Waals surface area contributed by atoms with Gasteiger partial charge in [-0.3, -0.25) is 10.1 Å². The maximum absolute atomic E-state index is 13.6. The Hall–Kier alpha value is -2.50. The number of hydrogen-bond donors (Lipinski definition) is 2. The van der Waals surface area contributed by atoms with E-state index < -0.39 is 0 Å². The highest BCUT2D eigenvalue weighted by Gasteiger charge is 2.16. The van der Waals surface area contributed by atoms with Crippen LogP contribution in [0.5, 0.6) is 0 Å². The van der Waals surface area contributed by atoms with Crippen molar-refractivity contribution in [3.8, 4) is 0 Å². The normalized spacial score (nSPS) is 11.9. The van der Waals surface area contributed by atoms with E-state index in [0.29, 0.717) is 5.56 Å². The van der Waals surface area contributed by atoms with E-state index in [9.17, 15) is 9.18 Å². The summed E-state index contributed by atoms with van der Waals surface area (Å²) < 4.78 is 13.6. The Morgan fingerprint density at radius 3 is 2.54 bits per heavy atom. The second kappa shape index (κ2) is 8.74. The van der Waals surface area contributed by atoms with Crippen molar-refractivity contribution in [1.82, 2.24) is 10.6 Å². The number of thiophene rings is 1. The second-order valence-electron chi connectivity index (χ2n) is 6.11. The average molecular weight is 368 g/mol. The van der Waals surface area contributed by atoms with E-state index in [0.717, 1.165) is 10.4 Å². The molecule has 1 aromatic heterocycles. The van der Waals surface area contributed by atoms with E-state index in [1.807, 2.05) is 18.4 Å². The van der Waals surface area contributed by atoms with Gasteiger partial charge in [-0.05, 0) is 30.0 Å². The van der Waals surface area contributed by atoms with E-state index >= 15 is 0 Å². The van der Waals surface area contributed by atoms with Gasteiger partial charge in [0.25, 0.3) is 0 Å². The topological polar surface area (TPSA) is 41.1 Å². The summed E-state index contributed by atoms with van der Waals surface area (Å²) in [6.45, 7) is 2.39. The van der Waals surface area contributed by atoms with Crippen molar-refractivity contribution in [2.75, 3.05) is 6.54 Å². The summed E-state index contributed by atoms with van der Waals surface area (Å²) >= 11 is 1.65. The molecule has 0 bridgehead atoms. The van der Waals surface area contributed by atoms with Crippen LogP contribution in [0.1, 0.15) is 27.6 Å². The molecule has 134 valence electrons. The molecule has 0 saturated heterocycles. The molecule has 3 nitrogen and oxygen atoms in total. The largest absolute Gasteiger partial charge is 0.351 e. The van der Waals surface area contributed by atoms with Gasteiger partial charge >= 0.3 is 0 Å². The summed E-state index contributed by atoms with van der Waals surface area (Å²) in [5, 5.41) is 8.10. The van der Waals surface area contributed by atoms with Crippen LogP contribution >= 0.6 is 11.3 Å². The number of carbonyl (C=O) groups is 1. The predicted octanol–water partition coefficient (Wildman–Crippen LogP) is 4.19. The molecule has 2 N–H and O–H groups in total. The second-order valence-corrected chi connectivity index (χ2v) is 7.09. The van der Waals surface area contributed by atoms with Gasteiger partial charge in [0, 0.05) is 17.0 Å². The SMILES string of the molecule is Cc1ccc([C@@H](NCC(=O)NCc2ccccc2F)c2cccs2)cc1. The van der Waals surface area contributed by atoms with Gasteiger partial charge in [-0.1, -0.05) is 54.1 Å². The quantitative estimate of drug-likeness (QED) is 0.656. The minimum atomic E-state index is -0.308. The zero-order valence-electron chi connectivity index (χ0n) is 14.5. The fourth-order valence-electron chi connectivity index (χ4n) is 2.69. The number of rotatable bonds is 7. The number of aryl methyl sites for hydroxylation is 1. The number of benzene rings is 2. The lowest BCUT2D eigenvalue weighted by Crippen LogP contribution is -2.35. The highest BCUT2D eigenvalue weighted by Crippen LogP contribution is 2.26. The van der Waals surface area contributed by atoms with Gasteiger partial charge in [0.05, 0.1) is 12.6 Å². The molecule has 26 heavy (non-hydrogen) atoms. The molecular formula is C21H21FN2OS. The lowest BCUT2D eigenvalue weighted by molar-refractivity contribution is -0.120. The van der Waals surface area contributed by atoms with Gasteiger partial charge in [-0.25, -0.2) is 4.39 Å². The Balaban J connectivity index is 1.61. The Morgan fingerprint density at radius 2 is 1.85 bits per heavy atom. The summed E-state index contributed by atoms with van der Waals surface area (Å²) in [6.07, 6.45) is 0.